The number of halogens is 3. The van der Waals surface area contributed by atoms with Gasteiger partial charge in [0, 0.05) is 30.1 Å². The van der Waals surface area contributed by atoms with Crippen LogP contribution in [0.15, 0.2) is 84.1 Å². The molecule has 1 aliphatic heterocycles. The molecule has 4 aromatic rings. The lowest BCUT2D eigenvalue weighted by molar-refractivity contribution is -0.274. The molecule has 1 N–H and O–H groups in total. The maximum absolute atomic E-state index is 12.4. The molecule has 224 valence electrons. The Morgan fingerprint density at radius 1 is 1.07 bits per heavy atom. The van der Waals surface area contributed by atoms with E-state index in [1.807, 2.05) is 24.3 Å². The molecule has 12 heteroatoms. The number of thiocarbonyl (C=S) groups is 1. The number of hydrogen-bond donors (Lipinski definition) is 1. The van der Waals surface area contributed by atoms with E-state index in [1.165, 1.54) is 46.5 Å². The Morgan fingerprint density at radius 3 is 2.53 bits per heavy atom. The number of anilines is 1. The first kappa shape index (κ1) is 30.6. The minimum absolute atomic E-state index is 0.294. The van der Waals surface area contributed by atoms with Crippen molar-refractivity contribution in [1.82, 2.24) is 20.1 Å². The Bertz CT molecular complexity index is 1570. The quantitative estimate of drug-likeness (QED) is 0.205. The van der Waals surface area contributed by atoms with Crippen molar-refractivity contribution < 1.29 is 17.9 Å². The van der Waals surface area contributed by atoms with Crippen molar-refractivity contribution in [2.24, 2.45) is 4.99 Å². The highest BCUT2D eigenvalue weighted by Gasteiger charge is 2.31. The molecule has 0 spiro atoms. The summed E-state index contributed by atoms with van der Waals surface area (Å²) in [6.45, 7) is 5.97. The first-order valence-corrected chi connectivity index (χ1v) is 15.3. The Balaban J connectivity index is 1.16. The van der Waals surface area contributed by atoms with Gasteiger partial charge in [-0.25, -0.2) is 9.67 Å². The molecule has 1 aromatic heterocycles. The van der Waals surface area contributed by atoms with E-state index in [2.05, 4.69) is 63.1 Å². The molecule has 2 heterocycles. The predicted molar refractivity (Wildman–Crippen MR) is 170 cm³/mol. The number of para-hydroxylation sites is 1. The Morgan fingerprint density at radius 2 is 1.81 bits per heavy atom. The molecule has 1 aliphatic rings. The SMILES string of the molecule is CC(C)c1ccccc1N1CCCSC1=NC(=S)NCCc1ccc(-c2ncn(-c3ccc(OC(F)(F)F)cc3)n2)cc1. The van der Waals surface area contributed by atoms with Crippen LogP contribution in [0.5, 0.6) is 5.75 Å². The van der Waals surface area contributed by atoms with Crippen LogP contribution in [0.4, 0.5) is 18.9 Å². The van der Waals surface area contributed by atoms with Crippen molar-refractivity contribution in [1.29, 1.82) is 0 Å². The summed E-state index contributed by atoms with van der Waals surface area (Å²) in [5.74, 6) is 1.64. The lowest BCUT2D eigenvalue weighted by atomic mass is 10.0. The zero-order valence-corrected chi connectivity index (χ0v) is 25.3. The number of hydrogen-bond acceptors (Lipinski definition) is 5. The lowest BCUT2D eigenvalue weighted by Crippen LogP contribution is -2.36. The van der Waals surface area contributed by atoms with E-state index >= 15 is 0 Å². The number of aliphatic imine (C=N–C) groups is 1. The third kappa shape index (κ3) is 8.14. The van der Waals surface area contributed by atoms with Crippen molar-refractivity contribution >= 4 is 39.9 Å². The summed E-state index contributed by atoms with van der Waals surface area (Å²) in [5, 5.41) is 9.14. The molecule has 1 saturated heterocycles. The lowest BCUT2D eigenvalue weighted by Gasteiger charge is -2.32. The van der Waals surface area contributed by atoms with Gasteiger partial charge in [0.05, 0.1) is 5.69 Å². The van der Waals surface area contributed by atoms with Gasteiger partial charge in [-0.2, -0.15) is 4.99 Å². The molecule has 0 unspecified atom stereocenters. The van der Waals surface area contributed by atoms with Crippen molar-refractivity contribution in [2.45, 2.75) is 39.0 Å². The number of rotatable bonds is 8. The third-order valence-electron chi connectivity index (χ3n) is 6.76. The Kier molecular flexibility index (Phi) is 9.66. The first-order valence-electron chi connectivity index (χ1n) is 13.9. The van der Waals surface area contributed by atoms with E-state index in [4.69, 9.17) is 17.2 Å². The zero-order chi connectivity index (χ0) is 30.4. The van der Waals surface area contributed by atoms with Crippen molar-refractivity contribution in [3.8, 4) is 22.8 Å². The first-order chi connectivity index (χ1) is 20.7. The van der Waals surface area contributed by atoms with Gasteiger partial charge in [0.2, 0.25) is 0 Å². The fraction of sp³-hybridized carbons (Fsp3) is 0.290. The van der Waals surface area contributed by atoms with E-state index in [9.17, 15) is 13.2 Å². The van der Waals surface area contributed by atoms with Crippen LogP contribution >= 0.6 is 24.0 Å². The minimum Gasteiger partial charge on any atom is -0.406 e. The van der Waals surface area contributed by atoms with E-state index in [0.29, 0.717) is 29.1 Å². The topological polar surface area (TPSA) is 67.6 Å². The van der Waals surface area contributed by atoms with Gasteiger partial charge in [0.15, 0.2) is 16.1 Å². The molecule has 7 nitrogen and oxygen atoms in total. The summed E-state index contributed by atoms with van der Waals surface area (Å²) in [4.78, 5) is 11.4. The van der Waals surface area contributed by atoms with E-state index in [-0.39, 0.29) is 5.75 Å². The maximum Gasteiger partial charge on any atom is 0.573 e. The zero-order valence-electron chi connectivity index (χ0n) is 23.7. The second kappa shape index (κ2) is 13.6. The molecule has 5 rings (SSSR count). The normalized spacial score (nSPS) is 14.7. The summed E-state index contributed by atoms with van der Waals surface area (Å²) in [5.41, 5.74) is 5.00. The Labute approximate surface area is 258 Å². The highest BCUT2D eigenvalue weighted by Crippen LogP contribution is 2.32. The van der Waals surface area contributed by atoms with Crippen molar-refractivity contribution in [3.63, 3.8) is 0 Å². The van der Waals surface area contributed by atoms with E-state index in [0.717, 1.165) is 41.4 Å². The van der Waals surface area contributed by atoms with Crippen molar-refractivity contribution in [3.05, 3.63) is 90.3 Å². The van der Waals surface area contributed by atoms with Crippen LogP contribution in [0.3, 0.4) is 0 Å². The molecular weight excluding hydrogens is 594 g/mol. The number of aromatic nitrogens is 3. The Hall–Kier alpha value is -3.90. The van der Waals surface area contributed by atoms with Crippen LogP contribution in [0.1, 0.15) is 37.3 Å². The smallest absolute Gasteiger partial charge is 0.406 e. The van der Waals surface area contributed by atoms with Crippen LogP contribution in [0, 0.1) is 0 Å². The minimum atomic E-state index is -4.74. The second-order valence-electron chi connectivity index (χ2n) is 10.2. The number of thioether (sulfide) groups is 1. The molecule has 0 bridgehead atoms. The molecule has 1 fully saturated rings. The van der Waals surface area contributed by atoms with E-state index in [1.54, 1.807) is 11.8 Å². The fourth-order valence-corrected chi connectivity index (χ4v) is 5.88. The molecule has 3 aromatic carbocycles. The number of ether oxygens (including phenoxy) is 1. The summed E-state index contributed by atoms with van der Waals surface area (Å²) >= 11 is 7.32. The van der Waals surface area contributed by atoms with E-state index < -0.39 is 6.36 Å². The van der Waals surface area contributed by atoms with Crippen molar-refractivity contribution in [2.75, 3.05) is 23.7 Å². The van der Waals surface area contributed by atoms with Gasteiger partial charge in [-0.3, -0.25) is 0 Å². The van der Waals surface area contributed by atoms with Crippen LogP contribution in [-0.4, -0.2) is 50.2 Å². The van der Waals surface area contributed by atoms with Gasteiger partial charge in [-0.1, -0.05) is 68.1 Å². The summed E-state index contributed by atoms with van der Waals surface area (Å²) in [7, 11) is 0. The molecule has 43 heavy (non-hydrogen) atoms. The van der Waals surface area contributed by atoms with Gasteiger partial charge in [0.1, 0.15) is 12.1 Å². The van der Waals surface area contributed by atoms with Gasteiger partial charge in [0.25, 0.3) is 0 Å². The van der Waals surface area contributed by atoms with Crippen LogP contribution in [0.25, 0.3) is 17.1 Å². The van der Waals surface area contributed by atoms with Crippen LogP contribution in [0.2, 0.25) is 0 Å². The molecule has 0 atom stereocenters. The van der Waals surface area contributed by atoms with Gasteiger partial charge in [-0.05, 0) is 72.4 Å². The average molecular weight is 625 g/mol. The number of amidine groups is 1. The molecule has 0 amide bonds. The van der Waals surface area contributed by atoms with Gasteiger partial charge >= 0.3 is 6.36 Å². The third-order valence-corrected chi connectivity index (χ3v) is 8.06. The predicted octanol–water partition coefficient (Wildman–Crippen LogP) is 7.37. The maximum atomic E-state index is 12.4. The monoisotopic (exact) mass is 624 g/mol. The molecule has 0 radical (unpaired) electrons. The number of benzene rings is 3. The second-order valence-corrected chi connectivity index (χ2v) is 11.6. The molecular formula is C31H31F3N6OS2. The van der Waals surface area contributed by atoms with Gasteiger partial charge < -0.3 is 15.0 Å². The summed E-state index contributed by atoms with van der Waals surface area (Å²) < 4.78 is 42.6. The largest absolute Gasteiger partial charge is 0.573 e. The summed E-state index contributed by atoms with van der Waals surface area (Å²) in [6, 6.07) is 21.8. The molecule has 0 saturated carbocycles. The fourth-order valence-electron chi connectivity index (χ4n) is 4.68. The number of nitrogens with one attached hydrogen (secondary N) is 1. The average Bonchev–Trinajstić information content (AvgIpc) is 3.48. The molecule has 0 aliphatic carbocycles. The number of nitrogens with zero attached hydrogens (tertiary/aromatic N) is 5. The summed E-state index contributed by atoms with van der Waals surface area (Å²) in [6.07, 6.45) is -1.37. The van der Waals surface area contributed by atoms with Gasteiger partial charge in [-0.15, -0.1) is 18.3 Å². The highest BCUT2D eigenvalue weighted by atomic mass is 32.2. The van der Waals surface area contributed by atoms with Crippen LogP contribution in [-0.2, 0) is 6.42 Å². The standard InChI is InChI=1S/C31H31F3N6OS2/c1-21(2)26-6-3-4-7-27(26)39-18-5-19-43-30(39)37-29(42)35-17-16-22-8-10-23(11-9-22)28-36-20-40(38-28)24-12-14-25(15-13-24)41-31(32,33)34/h3-4,6-15,20-21H,5,16-19H2,1-2H3,(H,35,42). The number of alkyl halides is 3. The highest BCUT2D eigenvalue weighted by molar-refractivity contribution is 8.14. The van der Waals surface area contributed by atoms with Crippen LogP contribution < -0.4 is 15.0 Å².